The van der Waals surface area contributed by atoms with E-state index in [0.717, 1.165) is 29.0 Å². The molecule has 0 saturated carbocycles. The Hall–Kier alpha value is -0.740. The number of nitrogens with zero attached hydrogens (tertiary/aromatic N) is 1. The van der Waals surface area contributed by atoms with Gasteiger partial charge in [0.1, 0.15) is 0 Å². The number of likely N-dealkylation sites (tertiary alicyclic amines) is 1. The van der Waals surface area contributed by atoms with E-state index in [4.69, 9.17) is 11.6 Å². The lowest BCUT2D eigenvalue weighted by molar-refractivity contribution is -0.138. The first kappa shape index (κ1) is 15.6. The molecule has 0 unspecified atom stereocenters. The van der Waals surface area contributed by atoms with Crippen LogP contribution < -0.4 is 0 Å². The van der Waals surface area contributed by atoms with Crippen LogP contribution in [0.25, 0.3) is 0 Å². The monoisotopic (exact) mass is 305 g/mol. The van der Waals surface area contributed by atoms with E-state index in [1.807, 2.05) is 30.0 Å². The predicted molar refractivity (Wildman–Crippen MR) is 75.3 cm³/mol. The summed E-state index contributed by atoms with van der Waals surface area (Å²) in [5.74, 6) is 0.366. The number of hydrogen-bond acceptors (Lipinski definition) is 1. The SMILES string of the molecule is Cc1ccc(C2CCN(CCC(F)(F)F)CC2)c(Cl)c1. The lowest BCUT2D eigenvalue weighted by Gasteiger charge is -2.32. The molecule has 0 radical (unpaired) electrons. The van der Waals surface area contributed by atoms with E-state index in [9.17, 15) is 13.2 Å². The molecule has 5 heteroatoms. The number of alkyl halides is 3. The summed E-state index contributed by atoms with van der Waals surface area (Å²) in [5.41, 5.74) is 2.26. The Labute approximate surface area is 122 Å². The lowest BCUT2D eigenvalue weighted by atomic mass is 9.89. The van der Waals surface area contributed by atoms with Crippen LogP contribution in [-0.2, 0) is 0 Å². The molecule has 1 heterocycles. The molecule has 1 aromatic carbocycles. The van der Waals surface area contributed by atoms with E-state index >= 15 is 0 Å². The Bertz CT molecular complexity index is 451. The van der Waals surface area contributed by atoms with E-state index in [1.165, 1.54) is 0 Å². The van der Waals surface area contributed by atoms with E-state index in [-0.39, 0.29) is 6.54 Å². The quantitative estimate of drug-likeness (QED) is 0.777. The number of benzene rings is 1. The summed E-state index contributed by atoms with van der Waals surface area (Å²) in [4.78, 5) is 1.89. The second-order valence-corrected chi connectivity index (χ2v) is 5.91. The van der Waals surface area contributed by atoms with Gasteiger partial charge in [-0.15, -0.1) is 0 Å². The molecule has 1 aliphatic rings. The molecule has 1 saturated heterocycles. The van der Waals surface area contributed by atoms with E-state index in [1.54, 1.807) is 0 Å². The third-order valence-electron chi connectivity index (χ3n) is 3.89. The number of halogens is 4. The summed E-state index contributed by atoms with van der Waals surface area (Å²) in [5, 5.41) is 0.777. The fraction of sp³-hybridized carbons (Fsp3) is 0.600. The van der Waals surface area contributed by atoms with Gasteiger partial charge in [-0.2, -0.15) is 13.2 Å². The minimum Gasteiger partial charge on any atom is -0.303 e. The van der Waals surface area contributed by atoms with Gasteiger partial charge in [0.05, 0.1) is 6.42 Å². The molecule has 1 nitrogen and oxygen atoms in total. The Morgan fingerprint density at radius 2 is 1.90 bits per heavy atom. The summed E-state index contributed by atoms with van der Waals surface area (Å²) in [6.07, 6.45) is -3.03. The molecule has 2 rings (SSSR count). The van der Waals surface area contributed by atoms with Crippen LogP contribution in [0.2, 0.25) is 5.02 Å². The van der Waals surface area contributed by atoms with Crippen LogP contribution in [-0.4, -0.2) is 30.7 Å². The van der Waals surface area contributed by atoms with Gasteiger partial charge < -0.3 is 4.90 Å². The topological polar surface area (TPSA) is 3.24 Å². The Balaban J connectivity index is 1.88. The van der Waals surface area contributed by atoms with Crippen molar-refractivity contribution in [2.24, 2.45) is 0 Å². The van der Waals surface area contributed by atoms with Crippen LogP contribution in [0.3, 0.4) is 0 Å². The van der Waals surface area contributed by atoms with Gasteiger partial charge in [0, 0.05) is 11.6 Å². The van der Waals surface area contributed by atoms with Crippen LogP contribution in [0.1, 0.15) is 36.3 Å². The minimum absolute atomic E-state index is 0.109. The van der Waals surface area contributed by atoms with Crippen molar-refractivity contribution >= 4 is 11.6 Å². The molecule has 0 bridgehead atoms. The number of hydrogen-bond donors (Lipinski definition) is 0. The second kappa shape index (κ2) is 6.35. The zero-order valence-corrected chi connectivity index (χ0v) is 12.3. The molecule has 20 heavy (non-hydrogen) atoms. The highest BCUT2D eigenvalue weighted by molar-refractivity contribution is 6.31. The molecule has 112 valence electrons. The fourth-order valence-electron chi connectivity index (χ4n) is 2.72. The predicted octanol–water partition coefficient (Wildman–Crippen LogP) is 4.78. The highest BCUT2D eigenvalue weighted by atomic mass is 35.5. The van der Waals surface area contributed by atoms with E-state index in [2.05, 4.69) is 0 Å². The van der Waals surface area contributed by atoms with Gasteiger partial charge in [-0.1, -0.05) is 23.7 Å². The molecular weight excluding hydrogens is 287 g/mol. The van der Waals surface area contributed by atoms with Crippen molar-refractivity contribution in [1.82, 2.24) is 4.90 Å². The van der Waals surface area contributed by atoms with Crippen molar-refractivity contribution in [3.63, 3.8) is 0 Å². The number of rotatable bonds is 3. The van der Waals surface area contributed by atoms with Gasteiger partial charge in [-0.3, -0.25) is 0 Å². The van der Waals surface area contributed by atoms with Crippen LogP contribution in [0, 0.1) is 6.92 Å². The summed E-state index contributed by atoms with van der Waals surface area (Å²) in [6, 6.07) is 6.04. The van der Waals surface area contributed by atoms with E-state index < -0.39 is 12.6 Å². The number of piperidine rings is 1. The van der Waals surface area contributed by atoms with Crippen molar-refractivity contribution in [3.05, 3.63) is 34.3 Å². The zero-order valence-electron chi connectivity index (χ0n) is 11.5. The van der Waals surface area contributed by atoms with Crippen molar-refractivity contribution in [2.75, 3.05) is 19.6 Å². The first-order valence-corrected chi connectivity index (χ1v) is 7.28. The molecule has 1 fully saturated rings. The molecule has 0 aliphatic carbocycles. The van der Waals surface area contributed by atoms with Gasteiger partial charge >= 0.3 is 6.18 Å². The molecular formula is C15H19ClF3N. The van der Waals surface area contributed by atoms with E-state index in [0.29, 0.717) is 19.0 Å². The van der Waals surface area contributed by atoms with Crippen molar-refractivity contribution in [3.8, 4) is 0 Å². The Kier molecular flexibility index (Phi) is 4.97. The summed E-state index contributed by atoms with van der Waals surface area (Å²) in [7, 11) is 0. The maximum Gasteiger partial charge on any atom is 0.390 e. The lowest BCUT2D eigenvalue weighted by Crippen LogP contribution is -2.35. The van der Waals surface area contributed by atoms with Crippen LogP contribution in [0.5, 0.6) is 0 Å². The number of aryl methyl sites for hydroxylation is 1. The Morgan fingerprint density at radius 3 is 2.45 bits per heavy atom. The average Bonchev–Trinajstić information content (AvgIpc) is 2.36. The summed E-state index contributed by atoms with van der Waals surface area (Å²) in [6.45, 7) is 3.53. The van der Waals surface area contributed by atoms with Crippen LogP contribution in [0.15, 0.2) is 18.2 Å². The van der Waals surface area contributed by atoms with Gasteiger partial charge in [-0.25, -0.2) is 0 Å². The first-order valence-electron chi connectivity index (χ1n) is 6.90. The largest absolute Gasteiger partial charge is 0.390 e. The third-order valence-corrected chi connectivity index (χ3v) is 4.22. The highest BCUT2D eigenvalue weighted by Gasteiger charge is 2.29. The summed E-state index contributed by atoms with van der Waals surface area (Å²) < 4.78 is 36.6. The molecule has 0 N–H and O–H groups in total. The summed E-state index contributed by atoms with van der Waals surface area (Å²) >= 11 is 6.26. The molecule has 0 atom stereocenters. The van der Waals surface area contributed by atoms with Gasteiger partial charge in [0.15, 0.2) is 0 Å². The fourth-order valence-corrected chi connectivity index (χ4v) is 3.11. The van der Waals surface area contributed by atoms with Gasteiger partial charge in [-0.05, 0) is 56.0 Å². The molecule has 1 aliphatic heterocycles. The van der Waals surface area contributed by atoms with Crippen LogP contribution in [0.4, 0.5) is 13.2 Å². The van der Waals surface area contributed by atoms with Crippen molar-refractivity contribution in [2.45, 2.75) is 38.3 Å². The zero-order chi connectivity index (χ0) is 14.8. The average molecular weight is 306 g/mol. The molecule has 0 amide bonds. The smallest absolute Gasteiger partial charge is 0.303 e. The van der Waals surface area contributed by atoms with Crippen LogP contribution >= 0.6 is 11.6 Å². The normalized spacial score (nSPS) is 18.4. The first-order chi connectivity index (χ1) is 9.35. The minimum atomic E-state index is -4.06. The third kappa shape index (κ3) is 4.38. The van der Waals surface area contributed by atoms with Gasteiger partial charge in [0.2, 0.25) is 0 Å². The molecule has 0 spiro atoms. The standard InChI is InChI=1S/C15H19ClF3N/c1-11-2-3-13(14(16)10-11)12-4-7-20(8-5-12)9-6-15(17,18)19/h2-3,10,12H,4-9H2,1H3. The molecule has 1 aromatic rings. The molecule has 0 aromatic heterocycles. The highest BCUT2D eigenvalue weighted by Crippen LogP contribution is 2.33. The Morgan fingerprint density at radius 1 is 1.25 bits per heavy atom. The maximum absolute atomic E-state index is 12.2. The van der Waals surface area contributed by atoms with Crippen molar-refractivity contribution < 1.29 is 13.2 Å². The second-order valence-electron chi connectivity index (χ2n) is 5.51. The maximum atomic E-state index is 12.2. The van der Waals surface area contributed by atoms with Crippen molar-refractivity contribution in [1.29, 1.82) is 0 Å². The van der Waals surface area contributed by atoms with Gasteiger partial charge in [0.25, 0.3) is 0 Å².